The highest BCUT2D eigenvalue weighted by atomic mass is 19.1. The van der Waals surface area contributed by atoms with E-state index in [0.717, 1.165) is 11.3 Å². The molecule has 6 nitrogen and oxygen atoms in total. The number of benzene rings is 1. The van der Waals surface area contributed by atoms with E-state index in [9.17, 15) is 9.18 Å². The van der Waals surface area contributed by atoms with Crippen LogP contribution in [0.3, 0.4) is 0 Å². The summed E-state index contributed by atoms with van der Waals surface area (Å²) in [5, 5.41) is 7.05. The molecule has 0 aliphatic heterocycles. The summed E-state index contributed by atoms with van der Waals surface area (Å²) in [6, 6.07) is 12.1. The summed E-state index contributed by atoms with van der Waals surface area (Å²) in [4.78, 5) is 16.3. The molecule has 0 bridgehead atoms. The van der Waals surface area contributed by atoms with E-state index >= 15 is 0 Å². The number of hydrogen-bond acceptors (Lipinski definition) is 4. The lowest BCUT2D eigenvalue weighted by molar-refractivity contribution is -0.116. The van der Waals surface area contributed by atoms with Crippen molar-refractivity contribution in [2.24, 2.45) is 0 Å². The van der Waals surface area contributed by atoms with E-state index in [0.29, 0.717) is 18.8 Å². The van der Waals surface area contributed by atoms with E-state index in [-0.39, 0.29) is 18.1 Å². The van der Waals surface area contributed by atoms with Gasteiger partial charge in [-0.05, 0) is 36.2 Å². The van der Waals surface area contributed by atoms with Crippen LogP contribution < -0.4 is 10.1 Å². The van der Waals surface area contributed by atoms with E-state index in [1.165, 1.54) is 13.2 Å². The van der Waals surface area contributed by atoms with Crippen molar-refractivity contribution in [1.29, 1.82) is 0 Å². The Hall–Kier alpha value is -3.22. The molecule has 0 spiro atoms. The van der Waals surface area contributed by atoms with Crippen LogP contribution in [-0.2, 0) is 17.8 Å². The zero-order chi connectivity index (χ0) is 18.4. The van der Waals surface area contributed by atoms with Crippen molar-refractivity contribution in [3.8, 4) is 5.75 Å². The minimum atomic E-state index is -0.432. The maximum absolute atomic E-state index is 13.7. The first-order valence-corrected chi connectivity index (χ1v) is 8.19. The van der Waals surface area contributed by atoms with Crippen LogP contribution in [-0.4, -0.2) is 27.8 Å². The number of methoxy groups -OCH3 is 1. The molecule has 1 amide bonds. The lowest BCUT2D eigenvalue weighted by atomic mass is 10.1. The first-order valence-electron chi connectivity index (χ1n) is 8.19. The molecule has 3 rings (SSSR count). The first kappa shape index (κ1) is 17.6. The number of halogens is 1. The average Bonchev–Trinajstić information content (AvgIpc) is 3.07. The largest absolute Gasteiger partial charge is 0.494 e. The molecule has 134 valence electrons. The zero-order valence-corrected chi connectivity index (χ0v) is 14.4. The molecule has 3 aromatic rings. The summed E-state index contributed by atoms with van der Waals surface area (Å²) >= 11 is 0. The topological polar surface area (TPSA) is 69.0 Å². The molecule has 0 saturated carbocycles. The Bertz CT molecular complexity index is 880. The van der Waals surface area contributed by atoms with E-state index in [4.69, 9.17) is 4.74 Å². The number of anilines is 1. The fraction of sp³-hybridized carbons (Fsp3) is 0.211. The number of carbonyl (C=O) groups is 1. The number of rotatable bonds is 7. The van der Waals surface area contributed by atoms with Gasteiger partial charge in [-0.1, -0.05) is 12.1 Å². The predicted octanol–water partition coefficient (Wildman–Crippen LogP) is 3.05. The number of carbonyl (C=O) groups excluding carboxylic acids is 1. The zero-order valence-electron chi connectivity index (χ0n) is 14.4. The number of aryl methyl sites for hydroxylation is 1. The highest BCUT2D eigenvalue weighted by Gasteiger charge is 2.08. The van der Waals surface area contributed by atoms with Gasteiger partial charge in [-0.2, -0.15) is 5.10 Å². The van der Waals surface area contributed by atoms with E-state index < -0.39 is 5.82 Å². The van der Waals surface area contributed by atoms with Gasteiger partial charge in [-0.25, -0.2) is 4.39 Å². The lowest BCUT2D eigenvalue weighted by Gasteiger charge is -2.05. The predicted molar refractivity (Wildman–Crippen MR) is 95.5 cm³/mol. The molecule has 0 fully saturated rings. The number of pyridine rings is 1. The molecular formula is C19H19FN4O2. The summed E-state index contributed by atoms with van der Waals surface area (Å²) in [6.45, 7) is 0.530. The van der Waals surface area contributed by atoms with Crippen molar-refractivity contribution in [1.82, 2.24) is 14.8 Å². The molecule has 2 heterocycles. The molecule has 1 N–H and O–H groups in total. The van der Waals surface area contributed by atoms with Crippen LogP contribution in [0.25, 0.3) is 0 Å². The first-order chi connectivity index (χ1) is 12.6. The number of nitrogens with one attached hydrogen (secondary N) is 1. The number of amides is 1. The van der Waals surface area contributed by atoms with Crippen LogP contribution in [0.1, 0.15) is 17.7 Å². The van der Waals surface area contributed by atoms with Gasteiger partial charge in [0.1, 0.15) is 0 Å². The summed E-state index contributed by atoms with van der Waals surface area (Å²) in [5.74, 6) is 0.0616. The van der Waals surface area contributed by atoms with Crippen molar-refractivity contribution in [2.75, 3.05) is 12.4 Å². The molecular weight excluding hydrogens is 335 g/mol. The van der Waals surface area contributed by atoms with Gasteiger partial charge in [0, 0.05) is 24.9 Å². The molecule has 0 aliphatic rings. The summed E-state index contributed by atoms with van der Waals surface area (Å²) in [6.07, 6.45) is 4.17. The normalized spacial score (nSPS) is 10.5. The van der Waals surface area contributed by atoms with Gasteiger partial charge in [0.25, 0.3) is 0 Å². The third-order valence-electron chi connectivity index (χ3n) is 3.82. The molecule has 0 unspecified atom stereocenters. The molecule has 0 aliphatic carbocycles. The van der Waals surface area contributed by atoms with Crippen molar-refractivity contribution in [2.45, 2.75) is 19.4 Å². The van der Waals surface area contributed by atoms with Crippen molar-refractivity contribution in [3.63, 3.8) is 0 Å². The molecule has 2 aromatic heterocycles. The standard InChI is InChI=1S/C19H19FN4O2/c1-26-17-7-5-14(12-16(17)20)6-8-19(25)22-18-9-11-24(23-18)13-15-4-2-3-10-21-15/h2-5,7,9-12H,6,8,13H2,1H3,(H,22,23,25). The fourth-order valence-corrected chi connectivity index (χ4v) is 2.50. The minimum absolute atomic E-state index is 0.177. The number of hydrogen-bond donors (Lipinski definition) is 1. The SMILES string of the molecule is COc1ccc(CCC(=O)Nc2ccn(Cc3ccccn3)n2)cc1F. The average molecular weight is 354 g/mol. The maximum Gasteiger partial charge on any atom is 0.225 e. The van der Waals surface area contributed by atoms with Gasteiger partial charge >= 0.3 is 0 Å². The van der Waals surface area contributed by atoms with Crippen LogP contribution in [0.15, 0.2) is 54.9 Å². The van der Waals surface area contributed by atoms with Crippen molar-refractivity contribution in [3.05, 3.63) is 71.9 Å². The van der Waals surface area contributed by atoms with Gasteiger partial charge < -0.3 is 10.1 Å². The molecule has 1 aromatic carbocycles. The Morgan fingerprint density at radius 3 is 2.88 bits per heavy atom. The van der Waals surface area contributed by atoms with Gasteiger partial charge in [0.2, 0.25) is 5.91 Å². The second-order valence-electron chi connectivity index (χ2n) is 5.74. The van der Waals surface area contributed by atoms with Crippen molar-refractivity contribution >= 4 is 11.7 Å². The van der Waals surface area contributed by atoms with E-state index in [2.05, 4.69) is 15.4 Å². The van der Waals surface area contributed by atoms with Crippen LogP contribution >= 0.6 is 0 Å². The van der Waals surface area contributed by atoms with Crippen LogP contribution in [0, 0.1) is 5.82 Å². The smallest absolute Gasteiger partial charge is 0.225 e. The van der Waals surface area contributed by atoms with Gasteiger partial charge in [0.15, 0.2) is 17.4 Å². The summed E-state index contributed by atoms with van der Waals surface area (Å²) < 4.78 is 20.2. The molecule has 0 atom stereocenters. The van der Waals surface area contributed by atoms with Crippen molar-refractivity contribution < 1.29 is 13.9 Å². The molecule has 26 heavy (non-hydrogen) atoms. The Morgan fingerprint density at radius 2 is 2.15 bits per heavy atom. The van der Waals surface area contributed by atoms with Gasteiger partial charge in [-0.3, -0.25) is 14.5 Å². The molecule has 0 radical (unpaired) electrons. The highest BCUT2D eigenvalue weighted by molar-refractivity contribution is 5.89. The second kappa shape index (κ2) is 8.24. The minimum Gasteiger partial charge on any atom is -0.494 e. The number of ether oxygens (including phenoxy) is 1. The molecule has 0 saturated heterocycles. The number of aromatic nitrogens is 3. The van der Waals surface area contributed by atoms with Crippen LogP contribution in [0.5, 0.6) is 5.75 Å². The summed E-state index contributed by atoms with van der Waals surface area (Å²) in [7, 11) is 1.42. The Balaban J connectivity index is 1.51. The molecule has 7 heteroatoms. The maximum atomic E-state index is 13.7. The second-order valence-corrected chi connectivity index (χ2v) is 5.74. The Morgan fingerprint density at radius 1 is 1.27 bits per heavy atom. The lowest BCUT2D eigenvalue weighted by Crippen LogP contribution is -2.13. The number of nitrogens with zero attached hydrogens (tertiary/aromatic N) is 3. The summed E-state index contributed by atoms with van der Waals surface area (Å²) in [5.41, 5.74) is 1.62. The van der Waals surface area contributed by atoms with E-state index in [1.807, 2.05) is 18.2 Å². The van der Waals surface area contributed by atoms with E-state index in [1.54, 1.807) is 35.3 Å². The fourth-order valence-electron chi connectivity index (χ4n) is 2.50. The third kappa shape index (κ3) is 4.66. The monoisotopic (exact) mass is 354 g/mol. The quantitative estimate of drug-likeness (QED) is 0.708. The highest BCUT2D eigenvalue weighted by Crippen LogP contribution is 2.18. The van der Waals surface area contributed by atoms with Gasteiger partial charge in [0.05, 0.1) is 19.3 Å². The van der Waals surface area contributed by atoms with Crippen LogP contribution in [0.2, 0.25) is 0 Å². The third-order valence-corrected chi connectivity index (χ3v) is 3.82. The van der Waals surface area contributed by atoms with Gasteiger partial charge in [-0.15, -0.1) is 0 Å². The Labute approximate surface area is 150 Å². The van der Waals surface area contributed by atoms with Crippen LogP contribution in [0.4, 0.5) is 10.2 Å². The Kier molecular flexibility index (Phi) is 5.58.